The van der Waals surface area contributed by atoms with Crippen LogP contribution >= 0.6 is 0 Å². The quantitative estimate of drug-likeness (QED) is 0.735. The molecule has 0 fully saturated rings. The van der Waals surface area contributed by atoms with Crippen molar-refractivity contribution in [1.82, 2.24) is 5.32 Å². The van der Waals surface area contributed by atoms with Crippen LogP contribution in [0.25, 0.3) is 0 Å². The van der Waals surface area contributed by atoms with Crippen LogP contribution < -0.4 is 14.8 Å². The lowest BCUT2D eigenvalue weighted by Crippen LogP contribution is -2.33. The van der Waals surface area contributed by atoms with E-state index in [0.29, 0.717) is 12.5 Å². The largest absolute Gasteiger partial charge is 0.493 e. The second kappa shape index (κ2) is 8.90. The van der Waals surface area contributed by atoms with Gasteiger partial charge in [-0.15, -0.1) is 0 Å². The van der Waals surface area contributed by atoms with E-state index in [0.717, 1.165) is 23.5 Å². The molecule has 2 N–H and O–H groups in total. The Morgan fingerprint density at radius 2 is 1.86 bits per heavy atom. The third-order valence-corrected chi connectivity index (χ3v) is 3.16. The fourth-order valence-corrected chi connectivity index (χ4v) is 2.23. The minimum absolute atomic E-state index is 0.118. The number of ether oxygens (including phenoxy) is 2. The highest BCUT2D eigenvalue weighted by Gasteiger charge is 2.11. The maximum atomic E-state index is 9.39. The van der Waals surface area contributed by atoms with Crippen molar-refractivity contribution in [3.8, 4) is 11.5 Å². The summed E-state index contributed by atoms with van der Waals surface area (Å²) >= 11 is 0. The first-order valence-corrected chi connectivity index (χ1v) is 7.64. The molecule has 1 aromatic rings. The molecule has 1 rings (SSSR count). The number of hydrogen-bond acceptors (Lipinski definition) is 4. The molecule has 0 saturated carbocycles. The Kier molecular flexibility index (Phi) is 7.54. The van der Waals surface area contributed by atoms with Crippen LogP contribution in [0.2, 0.25) is 0 Å². The van der Waals surface area contributed by atoms with E-state index in [4.69, 9.17) is 9.47 Å². The van der Waals surface area contributed by atoms with Gasteiger partial charge < -0.3 is 19.9 Å². The van der Waals surface area contributed by atoms with Crippen LogP contribution in [0.1, 0.15) is 39.7 Å². The van der Waals surface area contributed by atoms with Crippen molar-refractivity contribution >= 4 is 0 Å². The molecule has 1 aromatic carbocycles. The summed E-state index contributed by atoms with van der Waals surface area (Å²) in [5, 5.41) is 12.8. The lowest BCUT2D eigenvalue weighted by atomic mass is 10.0. The number of methoxy groups -OCH3 is 1. The topological polar surface area (TPSA) is 50.7 Å². The summed E-state index contributed by atoms with van der Waals surface area (Å²) in [7, 11) is 1.65. The molecule has 0 aliphatic rings. The monoisotopic (exact) mass is 295 g/mol. The fourth-order valence-electron chi connectivity index (χ4n) is 2.23. The number of aliphatic hydroxyl groups is 1. The Hall–Kier alpha value is -1.26. The smallest absolute Gasteiger partial charge is 0.161 e. The van der Waals surface area contributed by atoms with E-state index in [1.54, 1.807) is 7.11 Å². The predicted molar refractivity (Wildman–Crippen MR) is 85.9 cm³/mol. The van der Waals surface area contributed by atoms with E-state index in [1.807, 2.05) is 32.0 Å². The van der Waals surface area contributed by atoms with Gasteiger partial charge in [0, 0.05) is 12.6 Å². The first-order chi connectivity index (χ1) is 9.96. The lowest BCUT2D eigenvalue weighted by Gasteiger charge is -2.19. The molecule has 0 spiro atoms. The van der Waals surface area contributed by atoms with Crippen molar-refractivity contribution in [2.24, 2.45) is 5.92 Å². The Balaban J connectivity index is 2.67. The van der Waals surface area contributed by atoms with Gasteiger partial charge in [0.05, 0.1) is 19.8 Å². The lowest BCUT2D eigenvalue weighted by molar-refractivity contribution is 0.223. The second-order valence-corrected chi connectivity index (χ2v) is 6.04. The number of hydrogen-bond donors (Lipinski definition) is 2. The van der Waals surface area contributed by atoms with Crippen molar-refractivity contribution in [3.63, 3.8) is 0 Å². The predicted octanol–water partition coefficient (Wildman–Crippen LogP) is 2.98. The highest BCUT2D eigenvalue weighted by Crippen LogP contribution is 2.29. The number of aliphatic hydroxyl groups excluding tert-OH is 1. The van der Waals surface area contributed by atoms with Gasteiger partial charge in [-0.05, 0) is 43.9 Å². The van der Waals surface area contributed by atoms with E-state index in [1.165, 1.54) is 0 Å². The molecule has 0 heterocycles. The molecule has 4 heteroatoms. The van der Waals surface area contributed by atoms with Crippen LogP contribution in [0.15, 0.2) is 18.2 Å². The minimum atomic E-state index is 0.118. The normalized spacial score (nSPS) is 12.8. The van der Waals surface area contributed by atoms with Crippen molar-refractivity contribution in [2.75, 3.05) is 13.7 Å². The minimum Gasteiger partial charge on any atom is -0.493 e. The summed E-state index contributed by atoms with van der Waals surface area (Å²) in [6.07, 6.45) is 1.08. The summed E-state index contributed by atoms with van der Waals surface area (Å²) in [6.45, 7) is 9.16. The first-order valence-electron chi connectivity index (χ1n) is 7.64. The van der Waals surface area contributed by atoms with Crippen molar-refractivity contribution < 1.29 is 14.6 Å². The molecule has 4 nitrogen and oxygen atoms in total. The molecule has 1 unspecified atom stereocenters. The van der Waals surface area contributed by atoms with Gasteiger partial charge in [-0.2, -0.15) is 0 Å². The molecule has 0 aliphatic heterocycles. The van der Waals surface area contributed by atoms with Crippen LogP contribution in [0.3, 0.4) is 0 Å². The molecule has 0 bridgehead atoms. The maximum absolute atomic E-state index is 9.39. The SMILES string of the molecule is COc1cc(CNC(CO)CC(C)C)ccc1OC(C)C. The van der Waals surface area contributed by atoms with Gasteiger partial charge in [-0.3, -0.25) is 0 Å². The van der Waals surface area contributed by atoms with Crippen molar-refractivity contribution in [3.05, 3.63) is 23.8 Å². The number of benzene rings is 1. The average molecular weight is 295 g/mol. The van der Waals surface area contributed by atoms with E-state index < -0.39 is 0 Å². The van der Waals surface area contributed by atoms with Gasteiger partial charge in [-0.1, -0.05) is 19.9 Å². The van der Waals surface area contributed by atoms with Gasteiger partial charge >= 0.3 is 0 Å². The van der Waals surface area contributed by atoms with Crippen molar-refractivity contribution in [2.45, 2.75) is 52.8 Å². The van der Waals surface area contributed by atoms with E-state index in [9.17, 15) is 5.11 Å². The molecule has 0 aromatic heterocycles. The van der Waals surface area contributed by atoms with E-state index in [2.05, 4.69) is 19.2 Å². The molecule has 0 radical (unpaired) electrons. The Labute approximate surface area is 128 Å². The summed E-state index contributed by atoms with van der Waals surface area (Å²) in [5.74, 6) is 2.07. The van der Waals surface area contributed by atoms with Gasteiger partial charge in [0.1, 0.15) is 0 Å². The molecular weight excluding hydrogens is 266 g/mol. The zero-order chi connectivity index (χ0) is 15.8. The zero-order valence-electron chi connectivity index (χ0n) is 13.8. The summed E-state index contributed by atoms with van der Waals surface area (Å²) in [4.78, 5) is 0. The summed E-state index contributed by atoms with van der Waals surface area (Å²) < 4.78 is 11.1. The van der Waals surface area contributed by atoms with E-state index in [-0.39, 0.29) is 18.8 Å². The Morgan fingerprint density at radius 1 is 1.14 bits per heavy atom. The van der Waals surface area contributed by atoms with Crippen LogP contribution in [0, 0.1) is 5.92 Å². The van der Waals surface area contributed by atoms with E-state index >= 15 is 0 Å². The number of rotatable bonds is 9. The molecule has 0 aliphatic carbocycles. The summed E-state index contributed by atoms with van der Waals surface area (Å²) in [6, 6.07) is 6.07. The molecular formula is C17H29NO3. The highest BCUT2D eigenvalue weighted by atomic mass is 16.5. The van der Waals surface area contributed by atoms with Gasteiger partial charge in [0.2, 0.25) is 0 Å². The Morgan fingerprint density at radius 3 is 2.38 bits per heavy atom. The van der Waals surface area contributed by atoms with Gasteiger partial charge in [-0.25, -0.2) is 0 Å². The third-order valence-electron chi connectivity index (χ3n) is 3.16. The second-order valence-electron chi connectivity index (χ2n) is 6.04. The van der Waals surface area contributed by atoms with Crippen LogP contribution in [-0.2, 0) is 6.54 Å². The summed E-state index contributed by atoms with van der Waals surface area (Å²) in [5.41, 5.74) is 1.12. The molecule has 1 atom stereocenters. The number of nitrogens with one attached hydrogen (secondary N) is 1. The van der Waals surface area contributed by atoms with Gasteiger partial charge in [0.25, 0.3) is 0 Å². The van der Waals surface area contributed by atoms with Gasteiger partial charge in [0.15, 0.2) is 11.5 Å². The zero-order valence-corrected chi connectivity index (χ0v) is 13.8. The molecule has 0 saturated heterocycles. The van der Waals surface area contributed by atoms with Crippen molar-refractivity contribution in [1.29, 1.82) is 0 Å². The van der Waals surface area contributed by atoms with Crippen LogP contribution in [0.5, 0.6) is 11.5 Å². The molecule has 21 heavy (non-hydrogen) atoms. The standard InChI is InChI=1S/C17H29NO3/c1-12(2)8-15(11-19)18-10-14-6-7-16(21-13(3)4)17(9-14)20-5/h6-7,9,12-13,15,18-19H,8,10-11H2,1-5H3. The van der Waals surface area contributed by atoms with Crippen LogP contribution in [0.4, 0.5) is 0 Å². The average Bonchev–Trinajstić information content (AvgIpc) is 2.43. The fraction of sp³-hybridized carbons (Fsp3) is 0.647. The first kappa shape index (κ1) is 17.8. The molecule has 120 valence electrons. The molecule has 0 amide bonds. The third kappa shape index (κ3) is 6.36. The van der Waals surface area contributed by atoms with Crippen LogP contribution in [-0.4, -0.2) is 31.0 Å². The highest BCUT2D eigenvalue weighted by molar-refractivity contribution is 5.43. The maximum Gasteiger partial charge on any atom is 0.161 e. The Bertz CT molecular complexity index is 418.